The highest BCUT2D eigenvalue weighted by atomic mass is 32.2. The van der Waals surface area contributed by atoms with Crippen LogP contribution in [0.1, 0.15) is 19.8 Å². The largest absolute Gasteiger partial charge is 0.314 e. The van der Waals surface area contributed by atoms with Crippen LogP contribution in [0, 0.1) is 0 Å². The summed E-state index contributed by atoms with van der Waals surface area (Å²) in [5, 5.41) is 0. The van der Waals surface area contributed by atoms with E-state index in [1.807, 2.05) is 0 Å². The molecule has 3 heteroatoms. The molecule has 2 nitrogen and oxygen atoms in total. The van der Waals surface area contributed by atoms with Gasteiger partial charge in [-0.3, -0.25) is 0 Å². The Kier molecular flexibility index (Phi) is 4.26. The molecule has 11 heavy (non-hydrogen) atoms. The smallest absolute Gasteiger partial charge is 0.0769 e. The first-order valence-electron chi connectivity index (χ1n) is 4.29. The minimum absolute atomic E-state index is 0.675. The molecular formula is C8H17NOS. The second-order valence-electron chi connectivity index (χ2n) is 2.97. The average Bonchev–Trinajstić information content (AvgIpc) is 2.37. The van der Waals surface area contributed by atoms with Crippen LogP contribution in [-0.4, -0.2) is 36.9 Å². The molecule has 1 fully saturated rings. The van der Waals surface area contributed by atoms with Gasteiger partial charge in [-0.2, -0.15) is 0 Å². The number of likely N-dealkylation sites (N-methyl/N-ethyl adjacent to an activating group) is 1. The van der Waals surface area contributed by atoms with Gasteiger partial charge >= 0.3 is 0 Å². The fourth-order valence-electron chi connectivity index (χ4n) is 1.40. The number of rotatable bonds is 4. The van der Waals surface area contributed by atoms with Gasteiger partial charge < -0.3 is 9.08 Å². The summed E-state index contributed by atoms with van der Waals surface area (Å²) >= 11 is 1.57. The third-order valence-corrected chi connectivity index (χ3v) is 2.67. The summed E-state index contributed by atoms with van der Waals surface area (Å²) in [6, 6.07) is 0.675. The fraction of sp³-hybridized carbons (Fsp3) is 1.00. The van der Waals surface area contributed by atoms with E-state index in [0.717, 1.165) is 12.4 Å². The van der Waals surface area contributed by atoms with E-state index in [-0.39, 0.29) is 0 Å². The number of nitrogens with zero attached hydrogens (tertiary/aromatic N) is 1. The van der Waals surface area contributed by atoms with Crippen LogP contribution in [0.15, 0.2) is 0 Å². The SMILES string of the molecule is CCSOC[C@@H]1CCCN1C. The van der Waals surface area contributed by atoms with Gasteiger partial charge in [-0.05, 0) is 38.5 Å². The molecule has 0 unspecified atom stereocenters. The van der Waals surface area contributed by atoms with Gasteiger partial charge in [-0.1, -0.05) is 6.92 Å². The molecule has 0 aromatic heterocycles. The van der Waals surface area contributed by atoms with Crippen LogP contribution >= 0.6 is 12.0 Å². The molecule has 1 aliphatic heterocycles. The Labute approximate surface area is 73.5 Å². The highest BCUT2D eigenvalue weighted by Crippen LogP contribution is 2.16. The van der Waals surface area contributed by atoms with Crippen molar-refractivity contribution in [3.05, 3.63) is 0 Å². The third kappa shape index (κ3) is 3.01. The van der Waals surface area contributed by atoms with Crippen molar-refractivity contribution in [1.82, 2.24) is 4.90 Å². The predicted octanol–water partition coefficient (Wildman–Crippen LogP) is 1.77. The second kappa shape index (κ2) is 5.01. The molecule has 1 aliphatic rings. The summed E-state index contributed by atoms with van der Waals surface area (Å²) in [7, 11) is 2.18. The average molecular weight is 175 g/mol. The van der Waals surface area contributed by atoms with Crippen LogP contribution in [-0.2, 0) is 4.18 Å². The normalized spacial score (nSPS) is 26.2. The monoisotopic (exact) mass is 175 g/mol. The Hall–Kier alpha value is 0.270. The Morgan fingerprint density at radius 2 is 2.45 bits per heavy atom. The number of likely N-dealkylation sites (tertiary alicyclic amines) is 1. The molecule has 0 amide bonds. The summed E-state index contributed by atoms with van der Waals surface area (Å²) in [6.45, 7) is 4.25. The van der Waals surface area contributed by atoms with E-state index in [9.17, 15) is 0 Å². The molecule has 0 bridgehead atoms. The van der Waals surface area contributed by atoms with Crippen LogP contribution in [0.4, 0.5) is 0 Å². The van der Waals surface area contributed by atoms with E-state index >= 15 is 0 Å². The van der Waals surface area contributed by atoms with Gasteiger partial charge in [0.15, 0.2) is 0 Å². The zero-order valence-corrected chi connectivity index (χ0v) is 8.19. The van der Waals surface area contributed by atoms with Crippen molar-refractivity contribution in [1.29, 1.82) is 0 Å². The number of hydrogen-bond acceptors (Lipinski definition) is 3. The van der Waals surface area contributed by atoms with Crippen molar-refractivity contribution in [2.24, 2.45) is 0 Å². The molecule has 1 saturated heterocycles. The molecule has 0 radical (unpaired) electrons. The maximum atomic E-state index is 5.41. The molecule has 0 N–H and O–H groups in total. The lowest BCUT2D eigenvalue weighted by atomic mass is 10.2. The fourth-order valence-corrected chi connectivity index (χ4v) is 1.82. The zero-order valence-electron chi connectivity index (χ0n) is 7.38. The lowest BCUT2D eigenvalue weighted by Gasteiger charge is -2.18. The summed E-state index contributed by atoms with van der Waals surface area (Å²) in [5.74, 6) is 1.05. The second-order valence-corrected chi connectivity index (χ2v) is 4.02. The lowest BCUT2D eigenvalue weighted by molar-refractivity contribution is 0.219. The van der Waals surface area contributed by atoms with Crippen molar-refractivity contribution in [2.75, 3.05) is 26.0 Å². The molecule has 1 heterocycles. The van der Waals surface area contributed by atoms with Gasteiger partial charge in [0.1, 0.15) is 0 Å². The quantitative estimate of drug-likeness (QED) is 0.477. The Morgan fingerprint density at radius 1 is 1.64 bits per heavy atom. The topological polar surface area (TPSA) is 12.5 Å². The molecule has 1 rings (SSSR count). The first kappa shape index (κ1) is 9.36. The van der Waals surface area contributed by atoms with E-state index in [2.05, 4.69) is 18.9 Å². The molecule has 0 spiro atoms. The lowest BCUT2D eigenvalue weighted by Crippen LogP contribution is -2.28. The van der Waals surface area contributed by atoms with E-state index in [0.29, 0.717) is 6.04 Å². The van der Waals surface area contributed by atoms with Gasteiger partial charge in [0, 0.05) is 11.8 Å². The van der Waals surface area contributed by atoms with Crippen molar-refractivity contribution < 1.29 is 4.18 Å². The maximum absolute atomic E-state index is 5.41. The minimum atomic E-state index is 0.675. The summed E-state index contributed by atoms with van der Waals surface area (Å²) in [5.41, 5.74) is 0. The van der Waals surface area contributed by atoms with Crippen molar-refractivity contribution >= 4 is 12.0 Å². The minimum Gasteiger partial charge on any atom is -0.314 e. The van der Waals surface area contributed by atoms with E-state index in [4.69, 9.17) is 4.18 Å². The first-order valence-corrected chi connectivity index (χ1v) is 5.20. The molecule has 0 aromatic rings. The van der Waals surface area contributed by atoms with Crippen LogP contribution in [0.2, 0.25) is 0 Å². The Morgan fingerprint density at radius 3 is 3.00 bits per heavy atom. The highest BCUT2D eigenvalue weighted by molar-refractivity contribution is 7.94. The Balaban J connectivity index is 2.05. The summed E-state index contributed by atoms with van der Waals surface area (Å²) in [4.78, 5) is 2.39. The molecular weight excluding hydrogens is 158 g/mol. The van der Waals surface area contributed by atoms with Gasteiger partial charge in [-0.15, -0.1) is 0 Å². The Bertz CT molecular complexity index is 110. The third-order valence-electron chi connectivity index (χ3n) is 2.13. The predicted molar refractivity (Wildman–Crippen MR) is 49.7 cm³/mol. The van der Waals surface area contributed by atoms with Crippen LogP contribution in [0.25, 0.3) is 0 Å². The van der Waals surface area contributed by atoms with E-state index in [1.165, 1.54) is 19.4 Å². The molecule has 66 valence electrons. The van der Waals surface area contributed by atoms with Gasteiger partial charge in [-0.25, -0.2) is 0 Å². The molecule has 0 aromatic carbocycles. The molecule has 0 aliphatic carbocycles. The van der Waals surface area contributed by atoms with Gasteiger partial charge in [0.05, 0.1) is 6.61 Å². The van der Waals surface area contributed by atoms with E-state index in [1.54, 1.807) is 12.0 Å². The first-order chi connectivity index (χ1) is 5.34. The van der Waals surface area contributed by atoms with Crippen LogP contribution < -0.4 is 0 Å². The van der Waals surface area contributed by atoms with Gasteiger partial charge in [0.25, 0.3) is 0 Å². The van der Waals surface area contributed by atoms with Crippen LogP contribution in [0.5, 0.6) is 0 Å². The standard InChI is InChI=1S/C8H17NOS/c1-3-11-10-7-8-5-4-6-9(8)2/h8H,3-7H2,1-2H3/t8-/m0/s1. The van der Waals surface area contributed by atoms with Crippen LogP contribution in [0.3, 0.4) is 0 Å². The van der Waals surface area contributed by atoms with Gasteiger partial charge in [0.2, 0.25) is 0 Å². The summed E-state index contributed by atoms with van der Waals surface area (Å²) < 4.78 is 5.41. The van der Waals surface area contributed by atoms with Crippen molar-refractivity contribution in [3.63, 3.8) is 0 Å². The van der Waals surface area contributed by atoms with E-state index < -0.39 is 0 Å². The number of hydrogen-bond donors (Lipinski definition) is 0. The zero-order chi connectivity index (χ0) is 8.10. The highest BCUT2D eigenvalue weighted by Gasteiger charge is 2.20. The van der Waals surface area contributed by atoms with Crippen molar-refractivity contribution in [2.45, 2.75) is 25.8 Å². The van der Waals surface area contributed by atoms with Crippen molar-refractivity contribution in [3.8, 4) is 0 Å². The molecule has 0 saturated carbocycles. The maximum Gasteiger partial charge on any atom is 0.0769 e. The summed E-state index contributed by atoms with van der Waals surface area (Å²) in [6.07, 6.45) is 2.64. The molecule has 1 atom stereocenters.